The number of allylic oxidation sites excluding steroid dienone is 1. The Morgan fingerprint density at radius 2 is 2.07 bits per heavy atom. The molecule has 0 bridgehead atoms. The zero-order valence-electron chi connectivity index (χ0n) is 17.6. The minimum absolute atomic E-state index is 0.346. The molecule has 1 aromatic carbocycles. The minimum Gasteiger partial charge on any atom is -0.493 e. The molecule has 0 amide bonds. The van der Waals surface area contributed by atoms with Crippen LogP contribution < -0.4 is 14.8 Å². The third kappa shape index (κ3) is 4.29. The van der Waals surface area contributed by atoms with Crippen molar-refractivity contribution < 1.29 is 19.0 Å². The number of carbonyl (C=O) groups is 1. The van der Waals surface area contributed by atoms with Crippen LogP contribution >= 0.6 is 27.7 Å². The van der Waals surface area contributed by atoms with Crippen LogP contribution in [0.25, 0.3) is 0 Å². The van der Waals surface area contributed by atoms with Crippen molar-refractivity contribution in [2.24, 2.45) is 0 Å². The summed E-state index contributed by atoms with van der Waals surface area (Å²) in [7, 11) is 3.15. The molecule has 162 valence electrons. The van der Waals surface area contributed by atoms with E-state index < -0.39 is 6.04 Å². The molecule has 0 spiro atoms. The second-order valence-electron chi connectivity index (χ2n) is 6.54. The summed E-state index contributed by atoms with van der Waals surface area (Å²) < 4.78 is 18.9. The van der Waals surface area contributed by atoms with Gasteiger partial charge in [-0.05, 0) is 52.7 Å². The third-order valence-corrected chi connectivity index (χ3v) is 5.84. The number of rotatable bonds is 8. The van der Waals surface area contributed by atoms with Crippen molar-refractivity contribution in [3.63, 3.8) is 0 Å². The van der Waals surface area contributed by atoms with Crippen LogP contribution in [-0.2, 0) is 9.53 Å². The second kappa shape index (κ2) is 9.74. The van der Waals surface area contributed by atoms with Crippen LogP contribution in [0.5, 0.6) is 11.5 Å². The van der Waals surface area contributed by atoms with Crippen LogP contribution in [0, 0.1) is 0 Å². The number of fused-ring (bicyclic) bond motifs is 1. The number of methoxy groups -OCH3 is 2. The van der Waals surface area contributed by atoms with Crippen LogP contribution in [0.1, 0.15) is 38.8 Å². The van der Waals surface area contributed by atoms with Crippen molar-refractivity contribution in [1.82, 2.24) is 14.8 Å². The largest absolute Gasteiger partial charge is 0.493 e. The normalized spacial score (nSPS) is 15.5. The first kappa shape index (κ1) is 22.5. The van der Waals surface area contributed by atoms with E-state index in [1.807, 2.05) is 32.9 Å². The second-order valence-corrected chi connectivity index (χ2v) is 8.62. The van der Waals surface area contributed by atoms with E-state index in [-0.39, 0.29) is 5.97 Å². The highest BCUT2D eigenvalue weighted by atomic mass is 79.9. The number of esters is 1. The third-order valence-electron chi connectivity index (χ3n) is 4.54. The van der Waals surface area contributed by atoms with Crippen molar-refractivity contribution >= 4 is 39.6 Å². The van der Waals surface area contributed by atoms with Gasteiger partial charge in [-0.2, -0.15) is 4.98 Å². The molecule has 2 aromatic rings. The number of hydrogen-bond donors (Lipinski definition) is 1. The fraction of sp³-hybridized carbons (Fsp3) is 0.450. The van der Waals surface area contributed by atoms with Gasteiger partial charge in [-0.15, -0.1) is 5.10 Å². The highest BCUT2D eigenvalue weighted by Crippen LogP contribution is 2.43. The van der Waals surface area contributed by atoms with Gasteiger partial charge in [-0.25, -0.2) is 9.48 Å². The molecule has 0 aliphatic carbocycles. The van der Waals surface area contributed by atoms with Gasteiger partial charge in [-0.3, -0.25) is 0 Å². The van der Waals surface area contributed by atoms with Crippen LogP contribution in [0.4, 0.5) is 5.95 Å². The maximum atomic E-state index is 13.0. The zero-order chi connectivity index (χ0) is 21.8. The van der Waals surface area contributed by atoms with Crippen molar-refractivity contribution in [2.45, 2.75) is 38.4 Å². The number of hydrogen-bond acceptors (Lipinski definition) is 8. The van der Waals surface area contributed by atoms with E-state index >= 15 is 0 Å². The molecule has 0 saturated heterocycles. The van der Waals surface area contributed by atoms with Gasteiger partial charge in [-0.1, -0.05) is 25.6 Å². The molecular formula is C20H25BrN4O4S. The van der Waals surface area contributed by atoms with Gasteiger partial charge >= 0.3 is 5.97 Å². The molecule has 0 radical (unpaired) electrons. The SMILES string of the molecule is CCCOC(=O)C1=C(C)Nc2nc(SCC)nn2C1c1cc(Br)c(OC)c(OC)c1. The predicted octanol–water partition coefficient (Wildman–Crippen LogP) is 4.41. The number of nitrogens with zero attached hydrogens (tertiary/aromatic N) is 3. The van der Waals surface area contributed by atoms with E-state index in [0.29, 0.717) is 45.0 Å². The lowest BCUT2D eigenvalue weighted by atomic mass is 9.95. The molecule has 0 saturated carbocycles. The lowest BCUT2D eigenvalue weighted by molar-refractivity contribution is -0.139. The number of aromatic nitrogens is 3. The maximum absolute atomic E-state index is 13.0. The average molecular weight is 497 g/mol. The van der Waals surface area contributed by atoms with Gasteiger partial charge < -0.3 is 19.5 Å². The summed E-state index contributed by atoms with van der Waals surface area (Å²) in [4.78, 5) is 17.6. The van der Waals surface area contributed by atoms with E-state index in [1.54, 1.807) is 18.9 Å². The molecule has 1 aliphatic heterocycles. The Morgan fingerprint density at radius 3 is 2.70 bits per heavy atom. The number of halogens is 1. The molecule has 30 heavy (non-hydrogen) atoms. The number of nitrogens with one attached hydrogen (secondary N) is 1. The first-order chi connectivity index (χ1) is 14.4. The Hall–Kier alpha value is -2.20. The highest BCUT2D eigenvalue weighted by molar-refractivity contribution is 9.10. The molecule has 3 rings (SSSR count). The van der Waals surface area contributed by atoms with E-state index in [4.69, 9.17) is 14.2 Å². The molecule has 10 heteroatoms. The number of thioether (sulfide) groups is 1. The number of anilines is 1. The molecule has 1 aromatic heterocycles. The van der Waals surface area contributed by atoms with Crippen molar-refractivity contribution in [3.8, 4) is 11.5 Å². The summed E-state index contributed by atoms with van der Waals surface area (Å²) in [5.74, 6) is 2.15. The van der Waals surface area contributed by atoms with E-state index in [1.165, 1.54) is 11.8 Å². The average Bonchev–Trinajstić information content (AvgIpc) is 3.12. The summed E-state index contributed by atoms with van der Waals surface area (Å²) in [5.41, 5.74) is 1.95. The van der Waals surface area contributed by atoms with Crippen molar-refractivity contribution in [2.75, 3.05) is 31.9 Å². The maximum Gasteiger partial charge on any atom is 0.338 e. The van der Waals surface area contributed by atoms with Gasteiger partial charge in [0, 0.05) is 5.70 Å². The summed E-state index contributed by atoms with van der Waals surface area (Å²) in [5, 5.41) is 8.49. The Labute approximate surface area is 188 Å². The van der Waals surface area contributed by atoms with Gasteiger partial charge in [0.1, 0.15) is 6.04 Å². The molecule has 1 N–H and O–H groups in total. The quantitative estimate of drug-likeness (QED) is 0.424. The minimum atomic E-state index is -0.527. The van der Waals surface area contributed by atoms with Crippen LogP contribution in [0.15, 0.2) is 33.0 Å². The summed E-state index contributed by atoms with van der Waals surface area (Å²) in [6.07, 6.45) is 0.740. The fourth-order valence-corrected chi connectivity index (χ4v) is 4.44. The Balaban J connectivity index is 2.18. The van der Waals surface area contributed by atoms with Crippen LogP contribution in [0.3, 0.4) is 0 Å². The lowest BCUT2D eigenvalue weighted by Gasteiger charge is -2.28. The Bertz CT molecular complexity index is 976. The van der Waals surface area contributed by atoms with Gasteiger partial charge in [0.25, 0.3) is 0 Å². The molecule has 2 heterocycles. The standard InChI is InChI=1S/C20H25BrN4O4S/c1-6-8-29-18(26)15-11(3)22-19-23-20(30-7-2)24-25(19)16(15)12-9-13(21)17(28-5)14(10-12)27-4/h9-10,16H,6-8H2,1-5H3,(H,22,23,24). The van der Waals surface area contributed by atoms with E-state index in [9.17, 15) is 4.79 Å². The Kier molecular flexibility index (Phi) is 7.30. The van der Waals surface area contributed by atoms with E-state index in [2.05, 4.69) is 31.3 Å². The van der Waals surface area contributed by atoms with Gasteiger partial charge in [0.15, 0.2) is 11.5 Å². The van der Waals surface area contributed by atoms with Crippen LogP contribution in [0.2, 0.25) is 0 Å². The number of ether oxygens (including phenoxy) is 3. The summed E-state index contributed by atoms with van der Waals surface area (Å²) in [6, 6.07) is 3.22. The molecule has 8 nitrogen and oxygen atoms in total. The van der Waals surface area contributed by atoms with Crippen molar-refractivity contribution in [1.29, 1.82) is 0 Å². The number of benzene rings is 1. The molecule has 1 aliphatic rings. The van der Waals surface area contributed by atoms with Gasteiger partial charge in [0.05, 0.1) is 30.9 Å². The molecule has 1 unspecified atom stereocenters. The van der Waals surface area contributed by atoms with Crippen LogP contribution in [-0.4, -0.2) is 47.3 Å². The lowest BCUT2D eigenvalue weighted by Crippen LogP contribution is -2.30. The predicted molar refractivity (Wildman–Crippen MR) is 119 cm³/mol. The Morgan fingerprint density at radius 1 is 1.30 bits per heavy atom. The van der Waals surface area contributed by atoms with E-state index in [0.717, 1.165) is 17.7 Å². The summed E-state index contributed by atoms with van der Waals surface area (Å²) >= 11 is 5.08. The molecule has 1 atom stereocenters. The molecular weight excluding hydrogens is 472 g/mol. The first-order valence-electron chi connectivity index (χ1n) is 9.60. The molecule has 0 fully saturated rings. The first-order valence-corrected chi connectivity index (χ1v) is 11.4. The fourth-order valence-electron chi connectivity index (χ4n) is 3.26. The smallest absolute Gasteiger partial charge is 0.338 e. The topological polar surface area (TPSA) is 87.5 Å². The monoisotopic (exact) mass is 496 g/mol. The zero-order valence-corrected chi connectivity index (χ0v) is 20.0. The van der Waals surface area contributed by atoms with Crippen molar-refractivity contribution in [3.05, 3.63) is 33.4 Å². The summed E-state index contributed by atoms with van der Waals surface area (Å²) in [6.45, 7) is 6.19. The number of carbonyl (C=O) groups excluding carboxylic acids is 1. The highest BCUT2D eigenvalue weighted by Gasteiger charge is 2.36. The van der Waals surface area contributed by atoms with Gasteiger partial charge in [0.2, 0.25) is 11.1 Å².